The van der Waals surface area contributed by atoms with Gasteiger partial charge in [0, 0.05) is 19.1 Å². The number of hydrogen-bond donors (Lipinski definition) is 1. The first kappa shape index (κ1) is 25.9. The van der Waals surface area contributed by atoms with E-state index in [0.717, 1.165) is 53.0 Å². The van der Waals surface area contributed by atoms with Crippen LogP contribution in [0.3, 0.4) is 0 Å². The van der Waals surface area contributed by atoms with Gasteiger partial charge in [-0.3, -0.25) is 0 Å². The third-order valence-electron chi connectivity index (χ3n) is 9.11. The van der Waals surface area contributed by atoms with Crippen LogP contribution in [0.2, 0.25) is 0 Å². The van der Waals surface area contributed by atoms with E-state index in [-0.39, 0.29) is 6.04 Å². The number of thioether (sulfide) groups is 1. The fraction of sp³-hybridized carbons (Fsp3) is 0.633. The monoisotopic (exact) mass is 534 g/mol. The molecule has 204 valence electrons. The normalized spacial score (nSPS) is 25.3. The predicted octanol–water partition coefficient (Wildman–Crippen LogP) is 6.55. The minimum atomic E-state index is 0.130. The zero-order valence-corrected chi connectivity index (χ0v) is 23.9. The van der Waals surface area contributed by atoms with Crippen molar-refractivity contribution in [3.05, 3.63) is 35.9 Å². The van der Waals surface area contributed by atoms with Gasteiger partial charge in [-0.05, 0) is 62.2 Å². The number of aromatic nitrogens is 4. The molecule has 3 fully saturated rings. The maximum absolute atomic E-state index is 6.00. The smallest absolute Gasteiger partial charge is 0.208 e. The quantitative estimate of drug-likeness (QED) is 0.259. The second-order valence-corrected chi connectivity index (χ2v) is 12.5. The number of hydrogen-bond acceptors (Lipinski definition) is 7. The molecule has 3 aromatic rings. The van der Waals surface area contributed by atoms with Crippen LogP contribution in [0, 0.1) is 17.8 Å². The van der Waals surface area contributed by atoms with Crippen molar-refractivity contribution in [3.63, 3.8) is 0 Å². The molecule has 0 radical (unpaired) electrons. The van der Waals surface area contributed by atoms with Gasteiger partial charge >= 0.3 is 0 Å². The van der Waals surface area contributed by atoms with Crippen molar-refractivity contribution in [2.24, 2.45) is 17.8 Å². The van der Waals surface area contributed by atoms with E-state index in [1.54, 1.807) is 11.8 Å². The van der Waals surface area contributed by atoms with Crippen molar-refractivity contribution in [3.8, 4) is 0 Å². The number of morpholine rings is 1. The van der Waals surface area contributed by atoms with Crippen LogP contribution in [0.25, 0.3) is 11.2 Å². The standard InChI is InChI=1S/C30H42N6OS/c1-20-12-14-22(15-13-20)18-36-26-27(31-21(2)23-10-7-11-23)32-29(38-3)33-28(26)34-30(36)35-16-17-37-19-25(35)24-8-5-4-6-9-24/h4-6,8-9,20-23,25H,7,10-19H2,1-3H3,(H,31,32,33)/t20?,21-,22?,25+/m1/s1. The average molecular weight is 535 g/mol. The number of benzene rings is 1. The number of anilines is 2. The Morgan fingerprint density at radius 1 is 1.05 bits per heavy atom. The molecule has 3 aliphatic rings. The van der Waals surface area contributed by atoms with E-state index in [2.05, 4.69) is 65.2 Å². The van der Waals surface area contributed by atoms with Crippen LogP contribution < -0.4 is 10.2 Å². The summed E-state index contributed by atoms with van der Waals surface area (Å²) in [6, 6.07) is 11.3. The third kappa shape index (κ3) is 5.26. The Balaban J connectivity index is 1.45. The number of nitrogens with one attached hydrogen (secondary N) is 1. The lowest BCUT2D eigenvalue weighted by molar-refractivity contribution is 0.0927. The maximum Gasteiger partial charge on any atom is 0.208 e. The van der Waals surface area contributed by atoms with Crippen molar-refractivity contribution < 1.29 is 4.74 Å². The second kappa shape index (κ2) is 11.4. The van der Waals surface area contributed by atoms with Crippen LogP contribution in [0.1, 0.15) is 70.4 Å². The van der Waals surface area contributed by atoms with Gasteiger partial charge in [-0.25, -0.2) is 9.97 Å². The van der Waals surface area contributed by atoms with E-state index < -0.39 is 0 Å². The molecule has 7 nitrogen and oxygen atoms in total. The van der Waals surface area contributed by atoms with Crippen LogP contribution in [-0.2, 0) is 11.3 Å². The van der Waals surface area contributed by atoms with Gasteiger partial charge in [0.25, 0.3) is 0 Å². The summed E-state index contributed by atoms with van der Waals surface area (Å²) in [6.45, 7) is 7.86. The molecule has 1 aromatic carbocycles. The maximum atomic E-state index is 6.00. The Hall–Kier alpha value is -2.32. The number of ether oxygens (including phenoxy) is 1. The first-order chi connectivity index (χ1) is 18.6. The third-order valence-corrected chi connectivity index (χ3v) is 9.66. The molecule has 2 saturated carbocycles. The Labute approximate surface area is 231 Å². The van der Waals surface area contributed by atoms with Gasteiger partial charge in [0.05, 0.1) is 19.3 Å². The average Bonchev–Trinajstić information content (AvgIpc) is 3.27. The predicted molar refractivity (Wildman–Crippen MR) is 156 cm³/mol. The first-order valence-corrected chi connectivity index (χ1v) is 15.8. The summed E-state index contributed by atoms with van der Waals surface area (Å²) < 4.78 is 8.47. The zero-order valence-electron chi connectivity index (χ0n) is 23.1. The summed E-state index contributed by atoms with van der Waals surface area (Å²) in [5, 5.41) is 4.62. The number of rotatable bonds is 8. The molecular formula is C30H42N6OS. The summed E-state index contributed by atoms with van der Waals surface area (Å²) in [5.74, 6) is 4.17. The SMILES string of the molecule is CSc1nc(N[C@H](C)C2CCC2)c2c(n1)nc(N1CCOC[C@H]1c1ccccc1)n2CC1CCC(C)CC1. The highest BCUT2D eigenvalue weighted by atomic mass is 32.2. The minimum Gasteiger partial charge on any atom is -0.377 e. The molecule has 1 N–H and O–H groups in total. The van der Waals surface area contributed by atoms with Gasteiger partial charge in [0.1, 0.15) is 5.52 Å². The van der Waals surface area contributed by atoms with Crippen molar-refractivity contribution >= 4 is 34.7 Å². The molecule has 38 heavy (non-hydrogen) atoms. The number of imidazole rings is 1. The fourth-order valence-corrected chi connectivity index (χ4v) is 6.79. The molecular weight excluding hydrogens is 492 g/mol. The van der Waals surface area contributed by atoms with Gasteiger partial charge in [-0.1, -0.05) is 68.3 Å². The molecule has 2 aliphatic carbocycles. The molecule has 1 aliphatic heterocycles. The Kier molecular flexibility index (Phi) is 7.80. The van der Waals surface area contributed by atoms with E-state index in [1.165, 1.54) is 50.5 Å². The van der Waals surface area contributed by atoms with Crippen molar-refractivity contribution in [1.82, 2.24) is 19.5 Å². The molecule has 2 atom stereocenters. The minimum absolute atomic E-state index is 0.130. The van der Waals surface area contributed by atoms with E-state index >= 15 is 0 Å². The molecule has 0 bridgehead atoms. The van der Waals surface area contributed by atoms with E-state index in [1.807, 2.05) is 0 Å². The molecule has 1 saturated heterocycles. The van der Waals surface area contributed by atoms with Gasteiger partial charge < -0.3 is 19.5 Å². The Bertz CT molecular complexity index is 1220. The summed E-state index contributed by atoms with van der Waals surface area (Å²) in [6.07, 6.45) is 11.2. The summed E-state index contributed by atoms with van der Waals surface area (Å²) >= 11 is 1.59. The molecule has 0 unspecified atom stereocenters. The Morgan fingerprint density at radius 3 is 2.55 bits per heavy atom. The summed E-state index contributed by atoms with van der Waals surface area (Å²) in [4.78, 5) is 17.7. The number of fused-ring (bicyclic) bond motifs is 1. The van der Waals surface area contributed by atoms with Gasteiger partial charge in [-0.15, -0.1) is 0 Å². The van der Waals surface area contributed by atoms with Crippen LogP contribution in [0.15, 0.2) is 35.5 Å². The lowest BCUT2D eigenvalue weighted by Crippen LogP contribution is -2.41. The van der Waals surface area contributed by atoms with Crippen molar-refractivity contribution in [2.45, 2.75) is 82.6 Å². The van der Waals surface area contributed by atoms with Gasteiger partial charge in [-0.2, -0.15) is 4.98 Å². The lowest BCUT2D eigenvalue weighted by atomic mass is 9.80. The Morgan fingerprint density at radius 2 is 1.84 bits per heavy atom. The van der Waals surface area contributed by atoms with Gasteiger partial charge in [0.15, 0.2) is 16.6 Å². The molecule has 6 rings (SSSR count). The van der Waals surface area contributed by atoms with Crippen LogP contribution in [-0.4, -0.2) is 51.6 Å². The van der Waals surface area contributed by atoms with Crippen molar-refractivity contribution in [1.29, 1.82) is 0 Å². The highest BCUT2D eigenvalue weighted by Gasteiger charge is 2.32. The topological polar surface area (TPSA) is 68.1 Å². The highest BCUT2D eigenvalue weighted by molar-refractivity contribution is 7.98. The largest absolute Gasteiger partial charge is 0.377 e. The van der Waals surface area contributed by atoms with Crippen molar-refractivity contribution in [2.75, 3.05) is 36.2 Å². The lowest BCUT2D eigenvalue weighted by Gasteiger charge is -2.37. The van der Waals surface area contributed by atoms with Crippen LogP contribution in [0.5, 0.6) is 0 Å². The fourth-order valence-electron chi connectivity index (χ4n) is 6.43. The van der Waals surface area contributed by atoms with Gasteiger partial charge in [0.2, 0.25) is 5.95 Å². The van der Waals surface area contributed by atoms with E-state index in [0.29, 0.717) is 25.2 Å². The van der Waals surface area contributed by atoms with E-state index in [9.17, 15) is 0 Å². The molecule has 8 heteroatoms. The first-order valence-electron chi connectivity index (χ1n) is 14.6. The number of nitrogens with zero attached hydrogens (tertiary/aromatic N) is 5. The molecule has 0 spiro atoms. The molecule has 0 amide bonds. The highest BCUT2D eigenvalue weighted by Crippen LogP contribution is 2.38. The second-order valence-electron chi connectivity index (χ2n) is 11.7. The van der Waals surface area contributed by atoms with E-state index in [4.69, 9.17) is 19.7 Å². The molecule has 2 aromatic heterocycles. The zero-order chi connectivity index (χ0) is 26.1. The van der Waals surface area contributed by atoms with Crippen LogP contribution >= 0.6 is 11.8 Å². The molecule has 3 heterocycles. The van der Waals surface area contributed by atoms with Crippen LogP contribution in [0.4, 0.5) is 11.8 Å². The summed E-state index contributed by atoms with van der Waals surface area (Å²) in [5.41, 5.74) is 3.15. The summed E-state index contributed by atoms with van der Waals surface area (Å²) in [7, 11) is 0.